The van der Waals surface area contributed by atoms with E-state index in [-0.39, 0.29) is 0 Å². The molecule has 1 atom stereocenters. The number of carbonyl (C=O) groups is 1. The van der Waals surface area contributed by atoms with Crippen molar-refractivity contribution in [3.63, 3.8) is 0 Å². The van der Waals surface area contributed by atoms with Crippen molar-refractivity contribution in [3.05, 3.63) is 28.2 Å². The maximum Gasteiger partial charge on any atom is 0.152 e. The first-order valence-corrected chi connectivity index (χ1v) is 7.88. The van der Waals surface area contributed by atoms with E-state index in [9.17, 15) is 4.79 Å². The Morgan fingerprint density at radius 3 is 2.80 bits per heavy atom. The molecule has 1 aromatic rings. The minimum Gasteiger partial charge on any atom is -0.379 e. The third-order valence-electron chi connectivity index (χ3n) is 4.19. The highest BCUT2D eigenvalue weighted by Crippen LogP contribution is 2.28. The van der Waals surface area contributed by atoms with Gasteiger partial charge in [0.2, 0.25) is 0 Å². The van der Waals surface area contributed by atoms with E-state index in [1.54, 1.807) is 0 Å². The van der Waals surface area contributed by atoms with E-state index in [0.29, 0.717) is 6.04 Å². The number of aldehydes is 1. The molecule has 0 aliphatic carbocycles. The van der Waals surface area contributed by atoms with Gasteiger partial charge in [-0.3, -0.25) is 9.69 Å². The Morgan fingerprint density at radius 1 is 1.25 bits per heavy atom. The van der Waals surface area contributed by atoms with Gasteiger partial charge in [0.05, 0.1) is 13.2 Å². The molecule has 1 unspecified atom stereocenters. The van der Waals surface area contributed by atoms with Crippen molar-refractivity contribution in [1.82, 2.24) is 4.90 Å². The van der Waals surface area contributed by atoms with E-state index in [1.165, 1.54) is 0 Å². The molecule has 0 bridgehead atoms. The molecule has 108 valence electrons. The number of rotatable bonds is 3. The molecule has 0 aromatic heterocycles. The number of morpholine rings is 1. The van der Waals surface area contributed by atoms with Crippen molar-refractivity contribution < 1.29 is 9.53 Å². The van der Waals surface area contributed by atoms with E-state index in [4.69, 9.17) is 4.74 Å². The normalized spacial score (nSPS) is 24.1. The quantitative estimate of drug-likeness (QED) is 0.791. The van der Waals surface area contributed by atoms with Gasteiger partial charge >= 0.3 is 0 Å². The van der Waals surface area contributed by atoms with Gasteiger partial charge in [-0.25, -0.2) is 0 Å². The van der Waals surface area contributed by atoms with E-state index in [1.807, 2.05) is 18.2 Å². The van der Waals surface area contributed by atoms with E-state index >= 15 is 0 Å². The van der Waals surface area contributed by atoms with Gasteiger partial charge in [0, 0.05) is 47.9 Å². The van der Waals surface area contributed by atoms with Crippen molar-refractivity contribution in [3.8, 4) is 0 Å². The summed E-state index contributed by atoms with van der Waals surface area (Å²) < 4.78 is 6.44. The molecule has 3 rings (SSSR count). The molecule has 2 saturated heterocycles. The summed E-state index contributed by atoms with van der Waals surface area (Å²) in [7, 11) is 0. The molecule has 2 fully saturated rings. The standard InChI is InChI=1S/C15H19BrN2O2/c16-13-2-1-12(11-19)15(9-13)18-4-3-14(10-18)17-5-7-20-8-6-17/h1-2,9,11,14H,3-8,10H2. The maximum atomic E-state index is 11.2. The first kappa shape index (κ1) is 14.0. The Morgan fingerprint density at radius 2 is 2.05 bits per heavy atom. The van der Waals surface area contributed by atoms with Crippen LogP contribution in [0.4, 0.5) is 5.69 Å². The number of halogens is 1. The molecule has 1 aromatic carbocycles. The molecule has 0 spiro atoms. The van der Waals surface area contributed by atoms with Gasteiger partial charge in [-0.05, 0) is 24.6 Å². The predicted molar refractivity (Wildman–Crippen MR) is 82.5 cm³/mol. The Balaban J connectivity index is 1.73. The molecule has 20 heavy (non-hydrogen) atoms. The zero-order chi connectivity index (χ0) is 13.9. The van der Waals surface area contributed by atoms with Crippen LogP contribution in [0.2, 0.25) is 0 Å². The molecule has 0 radical (unpaired) electrons. The average molecular weight is 339 g/mol. The highest BCUT2D eigenvalue weighted by Gasteiger charge is 2.29. The van der Waals surface area contributed by atoms with Crippen LogP contribution in [0.25, 0.3) is 0 Å². The monoisotopic (exact) mass is 338 g/mol. The molecule has 2 heterocycles. The smallest absolute Gasteiger partial charge is 0.152 e. The lowest BCUT2D eigenvalue weighted by molar-refractivity contribution is 0.0209. The van der Waals surface area contributed by atoms with Crippen molar-refractivity contribution in [2.24, 2.45) is 0 Å². The lowest BCUT2D eigenvalue weighted by Crippen LogP contribution is -2.44. The van der Waals surface area contributed by atoms with Gasteiger partial charge in [-0.15, -0.1) is 0 Å². The highest BCUT2D eigenvalue weighted by molar-refractivity contribution is 9.10. The largest absolute Gasteiger partial charge is 0.379 e. The molecule has 0 saturated carbocycles. The van der Waals surface area contributed by atoms with E-state index < -0.39 is 0 Å². The number of benzene rings is 1. The van der Waals surface area contributed by atoms with Gasteiger partial charge < -0.3 is 9.64 Å². The number of anilines is 1. The lowest BCUT2D eigenvalue weighted by atomic mass is 10.2. The Kier molecular flexibility index (Phi) is 4.38. The Bertz CT molecular complexity index is 489. The fraction of sp³-hybridized carbons (Fsp3) is 0.533. The summed E-state index contributed by atoms with van der Waals surface area (Å²) in [6.45, 7) is 5.74. The molecular weight excluding hydrogens is 320 g/mol. The number of hydrogen-bond donors (Lipinski definition) is 0. The first-order valence-electron chi connectivity index (χ1n) is 7.09. The van der Waals surface area contributed by atoms with Crippen molar-refractivity contribution in [2.45, 2.75) is 12.5 Å². The molecule has 0 amide bonds. The van der Waals surface area contributed by atoms with Crippen LogP contribution in [0.3, 0.4) is 0 Å². The van der Waals surface area contributed by atoms with Gasteiger partial charge in [0.1, 0.15) is 0 Å². The summed E-state index contributed by atoms with van der Waals surface area (Å²) in [6.07, 6.45) is 2.11. The van der Waals surface area contributed by atoms with Crippen LogP contribution in [0, 0.1) is 0 Å². The molecule has 2 aliphatic rings. The number of ether oxygens (including phenoxy) is 1. The minimum absolute atomic E-state index is 0.581. The van der Waals surface area contributed by atoms with Crippen LogP contribution >= 0.6 is 15.9 Å². The van der Waals surface area contributed by atoms with Crippen molar-refractivity contribution in [2.75, 3.05) is 44.3 Å². The van der Waals surface area contributed by atoms with Crippen LogP contribution in [0.15, 0.2) is 22.7 Å². The first-order chi connectivity index (χ1) is 9.78. The van der Waals surface area contributed by atoms with Crippen LogP contribution in [-0.2, 0) is 4.74 Å². The fourth-order valence-electron chi connectivity index (χ4n) is 3.09. The second-order valence-electron chi connectivity index (χ2n) is 5.36. The SMILES string of the molecule is O=Cc1ccc(Br)cc1N1CCC(N2CCOCC2)C1. The molecule has 2 aliphatic heterocycles. The topological polar surface area (TPSA) is 32.8 Å². The van der Waals surface area contributed by atoms with E-state index in [2.05, 4.69) is 25.7 Å². The average Bonchev–Trinajstić information content (AvgIpc) is 2.98. The Hall–Kier alpha value is -0.910. The minimum atomic E-state index is 0.581. The molecule has 0 N–H and O–H groups in total. The predicted octanol–water partition coefficient (Wildman–Crippen LogP) is 2.17. The van der Waals surface area contributed by atoms with Gasteiger partial charge in [0.25, 0.3) is 0 Å². The summed E-state index contributed by atoms with van der Waals surface area (Å²) in [4.78, 5) is 16.1. The van der Waals surface area contributed by atoms with E-state index in [0.717, 1.165) is 67.8 Å². The van der Waals surface area contributed by atoms with Crippen LogP contribution in [-0.4, -0.2) is 56.6 Å². The third kappa shape index (κ3) is 2.90. The zero-order valence-corrected chi connectivity index (χ0v) is 13.0. The second kappa shape index (κ2) is 6.24. The van der Waals surface area contributed by atoms with Crippen LogP contribution < -0.4 is 4.90 Å². The van der Waals surface area contributed by atoms with Gasteiger partial charge in [-0.1, -0.05) is 15.9 Å². The van der Waals surface area contributed by atoms with Crippen LogP contribution in [0.5, 0.6) is 0 Å². The molecule has 5 heteroatoms. The number of carbonyl (C=O) groups excluding carboxylic acids is 1. The summed E-state index contributed by atoms with van der Waals surface area (Å²) in [5.41, 5.74) is 1.82. The molecule has 4 nitrogen and oxygen atoms in total. The zero-order valence-electron chi connectivity index (χ0n) is 11.4. The van der Waals surface area contributed by atoms with Gasteiger partial charge in [-0.2, -0.15) is 0 Å². The lowest BCUT2D eigenvalue weighted by Gasteiger charge is -2.32. The van der Waals surface area contributed by atoms with Crippen LogP contribution in [0.1, 0.15) is 16.8 Å². The van der Waals surface area contributed by atoms with Crippen molar-refractivity contribution >= 4 is 27.9 Å². The number of hydrogen-bond acceptors (Lipinski definition) is 4. The molecular formula is C15H19BrN2O2. The van der Waals surface area contributed by atoms with Crippen molar-refractivity contribution in [1.29, 1.82) is 0 Å². The summed E-state index contributed by atoms with van der Waals surface area (Å²) in [5, 5.41) is 0. The summed E-state index contributed by atoms with van der Waals surface area (Å²) in [5.74, 6) is 0. The number of nitrogens with zero attached hydrogens (tertiary/aromatic N) is 2. The summed E-state index contributed by atoms with van der Waals surface area (Å²) >= 11 is 3.49. The second-order valence-corrected chi connectivity index (χ2v) is 6.27. The summed E-state index contributed by atoms with van der Waals surface area (Å²) in [6, 6.07) is 6.43. The maximum absolute atomic E-state index is 11.2. The third-order valence-corrected chi connectivity index (χ3v) is 4.68. The highest BCUT2D eigenvalue weighted by atomic mass is 79.9. The van der Waals surface area contributed by atoms with Gasteiger partial charge in [0.15, 0.2) is 6.29 Å². The fourth-order valence-corrected chi connectivity index (χ4v) is 3.44. The Labute approximate surface area is 127 Å².